The third kappa shape index (κ3) is 58.6. The lowest BCUT2D eigenvalue weighted by atomic mass is 9.92. The number of aliphatic hydroxyl groups excluding tert-OH is 2. The van der Waals surface area contributed by atoms with Crippen molar-refractivity contribution in [1.29, 1.82) is 0 Å². The van der Waals surface area contributed by atoms with Crippen LogP contribution < -0.4 is 44.7 Å². The first-order valence-corrected chi connectivity index (χ1v) is 43.8. The molecule has 0 aliphatic carbocycles. The van der Waals surface area contributed by atoms with E-state index < -0.39 is 88.6 Å². The lowest BCUT2D eigenvalue weighted by Crippen LogP contribution is -2.47. The van der Waals surface area contributed by atoms with E-state index in [4.69, 9.17) is 39.6 Å². The third-order valence-corrected chi connectivity index (χ3v) is 27.0. The molecule has 38 heteroatoms. The fraction of sp³-hybridized carbons (Fsp3) is 0.969. The van der Waals surface area contributed by atoms with Crippen molar-refractivity contribution in [2.75, 3.05) is 171 Å². The molecular formula is C65H147N11O21S6. The van der Waals surface area contributed by atoms with E-state index in [1.165, 1.54) is 6.92 Å². The van der Waals surface area contributed by atoms with Crippen LogP contribution in [0.15, 0.2) is 0 Å². The number of aliphatic hydroxyl groups is 2. The van der Waals surface area contributed by atoms with Crippen LogP contribution >= 0.6 is 0 Å². The number of amides is 2. The Kier molecular flexibility index (Phi) is 54.8. The fourth-order valence-electron chi connectivity index (χ4n) is 6.74. The minimum Gasteiger partial charge on any atom is -0.395 e. The molecule has 12 N–H and O–H groups in total. The molecule has 1 unspecified atom stereocenters. The molecule has 3 fully saturated rings. The van der Waals surface area contributed by atoms with E-state index in [1.54, 1.807) is 132 Å². The van der Waals surface area contributed by atoms with Gasteiger partial charge in [-0.25, -0.2) is 78.8 Å². The van der Waals surface area contributed by atoms with Crippen LogP contribution in [0.25, 0.3) is 0 Å². The van der Waals surface area contributed by atoms with Gasteiger partial charge in [0, 0.05) is 125 Å². The Balaban J connectivity index is -0.000000359. The highest BCUT2D eigenvalue weighted by Gasteiger charge is 2.33. The van der Waals surface area contributed by atoms with Crippen molar-refractivity contribution in [3.8, 4) is 0 Å². The number of nitrogens with two attached hydrogens (primary N) is 1. The number of ether oxygens (including phenoxy) is 5. The van der Waals surface area contributed by atoms with Gasteiger partial charge in [-0.3, -0.25) is 19.4 Å². The van der Waals surface area contributed by atoms with Crippen molar-refractivity contribution in [2.24, 2.45) is 16.6 Å². The van der Waals surface area contributed by atoms with Crippen LogP contribution in [0.4, 0.5) is 0 Å². The lowest BCUT2D eigenvalue weighted by molar-refractivity contribution is -0.120. The van der Waals surface area contributed by atoms with Crippen molar-refractivity contribution in [2.45, 2.75) is 227 Å². The number of sulfonamides is 6. The van der Waals surface area contributed by atoms with Crippen LogP contribution in [0, 0.1) is 10.8 Å². The molecule has 3 heterocycles. The van der Waals surface area contributed by atoms with Gasteiger partial charge in [0.15, 0.2) is 0 Å². The number of primary amides is 1. The van der Waals surface area contributed by atoms with Crippen LogP contribution in [-0.4, -0.2) is 288 Å². The minimum absolute atomic E-state index is 0.0462. The largest absolute Gasteiger partial charge is 0.395 e. The molecule has 0 aromatic carbocycles. The van der Waals surface area contributed by atoms with E-state index in [2.05, 4.69) is 69.5 Å². The number of methoxy groups -OCH3 is 1. The molecule has 1 atom stereocenters. The summed E-state index contributed by atoms with van der Waals surface area (Å²) in [6.07, 6.45) is 2.51. The molecule has 0 radical (unpaired) electrons. The Bertz CT molecular complexity index is 2890. The summed E-state index contributed by atoms with van der Waals surface area (Å²) >= 11 is 0. The van der Waals surface area contributed by atoms with Crippen LogP contribution in [0.5, 0.6) is 0 Å². The van der Waals surface area contributed by atoms with Gasteiger partial charge in [0.25, 0.3) is 0 Å². The van der Waals surface area contributed by atoms with Gasteiger partial charge in [-0.15, -0.1) is 0 Å². The maximum atomic E-state index is 11.8. The average Bonchev–Trinajstić information content (AvgIpc) is 1.39. The summed E-state index contributed by atoms with van der Waals surface area (Å²) in [7, 11) is -17.8. The molecule has 0 aromatic rings. The minimum atomic E-state index is -3.28. The second-order valence-electron chi connectivity index (χ2n) is 32.5. The summed E-state index contributed by atoms with van der Waals surface area (Å²) in [6, 6.07) is 0. The first-order chi connectivity index (χ1) is 46.2. The van der Waals surface area contributed by atoms with Gasteiger partial charge in [0.05, 0.1) is 94.0 Å². The summed E-state index contributed by atoms with van der Waals surface area (Å²) in [6.45, 7) is 57.6. The predicted molar refractivity (Wildman–Crippen MR) is 415 cm³/mol. The smallest absolute Gasteiger partial charge is 0.217 e. The molecule has 2 amide bonds. The number of carbonyl (C=O) groups is 2. The summed E-state index contributed by atoms with van der Waals surface area (Å²) in [4.78, 5) is 25.1. The summed E-state index contributed by atoms with van der Waals surface area (Å²) < 4.78 is 175. The Morgan fingerprint density at radius 1 is 0.466 bits per heavy atom. The zero-order chi connectivity index (χ0) is 81.9. The number of morpholine rings is 1. The van der Waals surface area contributed by atoms with Crippen molar-refractivity contribution in [1.82, 2.24) is 48.8 Å². The predicted octanol–water partition coefficient (Wildman–Crippen LogP) is 2.38. The molecule has 3 rings (SSSR count). The number of rotatable bonds is 29. The van der Waals surface area contributed by atoms with Crippen molar-refractivity contribution < 1.29 is 94.0 Å². The van der Waals surface area contributed by atoms with E-state index in [0.29, 0.717) is 52.4 Å². The van der Waals surface area contributed by atoms with Crippen LogP contribution in [0.1, 0.15) is 192 Å². The van der Waals surface area contributed by atoms with E-state index in [-0.39, 0.29) is 68.3 Å². The first kappa shape index (κ1) is 110. The molecule has 624 valence electrons. The van der Waals surface area contributed by atoms with Gasteiger partial charge in [-0.2, -0.15) is 0 Å². The number of nitrogens with zero attached hydrogens (tertiary/aromatic N) is 2. The van der Waals surface area contributed by atoms with E-state index in [0.717, 1.165) is 91.6 Å². The van der Waals surface area contributed by atoms with Gasteiger partial charge >= 0.3 is 0 Å². The molecule has 3 aliphatic rings. The molecular weight excluding hydrogens is 1460 g/mol. The molecule has 0 saturated carbocycles. The van der Waals surface area contributed by atoms with E-state index in [9.17, 15) is 60.1 Å². The molecule has 103 heavy (non-hydrogen) atoms. The van der Waals surface area contributed by atoms with E-state index in [1.807, 2.05) is 20.8 Å². The zero-order valence-electron chi connectivity index (χ0n) is 67.9. The van der Waals surface area contributed by atoms with Gasteiger partial charge < -0.3 is 50.3 Å². The Hall–Kier alpha value is -2.00. The molecule has 3 saturated heterocycles. The van der Waals surface area contributed by atoms with Gasteiger partial charge in [-0.1, -0.05) is 41.5 Å². The van der Waals surface area contributed by atoms with Crippen molar-refractivity contribution >= 4 is 72.0 Å². The lowest BCUT2D eigenvalue weighted by Gasteiger charge is -2.28. The molecule has 0 aromatic heterocycles. The highest BCUT2D eigenvalue weighted by Crippen LogP contribution is 2.19. The topological polar surface area (TPSA) is 454 Å². The van der Waals surface area contributed by atoms with Gasteiger partial charge in [-0.05, 0) is 148 Å². The maximum absolute atomic E-state index is 11.8. The Morgan fingerprint density at radius 3 is 1.10 bits per heavy atom. The number of hydrogen-bond acceptors (Lipinski definition) is 24. The summed E-state index contributed by atoms with van der Waals surface area (Å²) in [5, 5.41) is 22.8. The molecule has 0 bridgehead atoms. The highest BCUT2D eigenvalue weighted by atomic mass is 32.2. The van der Waals surface area contributed by atoms with Crippen LogP contribution in [0.2, 0.25) is 0 Å². The van der Waals surface area contributed by atoms with Crippen LogP contribution in [-0.2, 0) is 93.4 Å². The molecule has 3 aliphatic heterocycles. The summed E-state index contributed by atoms with van der Waals surface area (Å²) in [5.41, 5.74) is 5.19. The third-order valence-electron chi connectivity index (χ3n) is 13.8. The summed E-state index contributed by atoms with van der Waals surface area (Å²) in [5.74, 6) is -0.178. The molecule has 0 spiro atoms. The van der Waals surface area contributed by atoms with Crippen molar-refractivity contribution in [3.05, 3.63) is 0 Å². The maximum Gasteiger partial charge on any atom is 0.217 e. The van der Waals surface area contributed by atoms with Gasteiger partial charge in [0.1, 0.15) is 0 Å². The quantitative estimate of drug-likeness (QED) is 0.0479. The number of carbonyl (C=O) groups excluding carboxylic acids is 2. The fourth-order valence-corrected chi connectivity index (χ4v) is 11.5. The SMILES string of the molecule is CC(=O)NCC(C)(C)C.CC(C)(C)CC(N)=O.CC(C)(C)S(=O)(=O)NCC1CCCO1.CC(C)(C)S(=O)(=O)NCCN1CCNCC1.CC(C)(C)S(=O)(=O)NCCN1CCOCC1.CC(C)(C)S(=O)(=O)NCCO.CC(C)(C)S(=O)(=O)NCCOCCO.COCCOCCNS(=O)(=O)C(C)(C)C. The standard InChI is InChI=1S/C10H23N3O2S.C10H22N2O3S.C9H21NO4S.C9H19NO3S.C8H19NO4S.C7H15NO.C6H15NO3S.C6H13NO/c1-10(2,3)16(14,15)12-6-9-13-7-4-11-5-8-13;1-10(2,3)16(13,14)11-4-5-12-6-8-15-9-7-12;1-9(2,3)15(11,12)10-5-6-14-8-7-13-4;1-9(2,3)14(11,12)10-7-8-5-4-6-13-8;1-8(2,3)14(11,12)9-4-6-13-7-5-10;1-6(9)8-5-7(2,3)4;1-6(2,3)11(9,10)7-4-5-8;1-6(2,3)4-5(7)8/h11-12H,4-9H2,1-3H3;11H,4-9H2,1-3H3;10H,5-8H2,1-4H3;8,10H,4-7H2,1-3H3;9-10H,4-7H2,1-3H3;5H2,1-4H3,(H,8,9);7-8H,4-5H2,1-3H3;4H2,1-3H3,(H2,7,8). The Labute approximate surface area is 625 Å². The molecule has 32 nitrogen and oxygen atoms in total. The number of hydrogen-bond donors (Lipinski definition) is 11. The first-order valence-electron chi connectivity index (χ1n) is 34.9. The van der Waals surface area contributed by atoms with Gasteiger partial charge in [0.2, 0.25) is 72.0 Å². The Morgan fingerprint density at radius 2 is 0.816 bits per heavy atom. The normalized spacial score (nSPS) is 16.4. The number of piperazine rings is 1. The zero-order valence-corrected chi connectivity index (χ0v) is 72.8. The average molecular weight is 1610 g/mol. The van der Waals surface area contributed by atoms with Crippen LogP contribution in [0.3, 0.4) is 0 Å². The van der Waals surface area contributed by atoms with E-state index >= 15 is 0 Å². The second kappa shape index (κ2) is 51.5. The second-order valence-corrected chi connectivity index (χ2v) is 47.7. The highest BCUT2D eigenvalue weighted by molar-refractivity contribution is 7.92. The monoisotopic (exact) mass is 1610 g/mol. The number of nitrogens with one attached hydrogen (secondary N) is 8. The van der Waals surface area contributed by atoms with Crippen molar-refractivity contribution in [3.63, 3.8) is 0 Å².